The Kier molecular flexibility index (Phi) is 3.99. The number of likely N-dealkylation sites (tertiary alicyclic amines) is 1. The molecule has 5 heteroatoms. The van der Waals surface area contributed by atoms with Crippen molar-refractivity contribution in [2.75, 3.05) is 19.6 Å². The monoisotopic (exact) mass is 239 g/mol. The van der Waals surface area contributed by atoms with Crippen LogP contribution < -0.4 is 10.6 Å². The number of hydrogen-bond acceptors (Lipinski definition) is 3. The molecule has 2 saturated heterocycles. The molecule has 2 atom stereocenters. The van der Waals surface area contributed by atoms with Gasteiger partial charge < -0.3 is 15.5 Å². The van der Waals surface area contributed by atoms with Crippen molar-refractivity contribution in [3.05, 3.63) is 0 Å². The Hall–Kier alpha value is -1.10. The van der Waals surface area contributed by atoms with E-state index in [9.17, 15) is 9.59 Å². The Balaban J connectivity index is 1.87. The lowest BCUT2D eigenvalue weighted by Gasteiger charge is -2.34. The number of piperidine rings is 1. The van der Waals surface area contributed by atoms with Crippen molar-refractivity contribution >= 4 is 11.8 Å². The first-order valence-electron chi connectivity index (χ1n) is 6.46. The average Bonchev–Trinajstić information content (AvgIpc) is 2.81. The van der Waals surface area contributed by atoms with Crippen molar-refractivity contribution in [3.63, 3.8) is 0 Å². The Morgan fingerprint density at radius 3 is 2.76 bits per heavy atom. The topological polar surface area (TPSA) is 61.4 Å². The van der Waals surface area contributed by atoms with Gasteiger partial charge in [-0.1, -0.05) is 0 Å². The van der Waals surface area contributed by atoms with Crippen LogP contribution in [-0.4, -0.2) is 48.4 Å². The quantitative estimate of drug-likeness (QED) is 0.705. The fraction of sp³-hybridized carbons (Fsp3) is 0.833. The lowest BCUT2D eigenvalue weighted by Crippen LogP contribution is -2.53. The number of carbonyl (C=O) groups is 2. The molecule has 0 aromatic heterocycles. The Morgan fingerprint density at radius 1 is 1.29 bits per heavy atom. The summed E-state index contributed by atoms with van der Waals surface area (Å²) in [6.45, 7) is 3.96. The normalized spacial score (nSPS) is 29.1. The molecular formula is C12H21N3O2. The first-order chi connectivity index (χ1) is 8.16. The summed E-state index contributed by atoms with van der Waals surface area (Å²) in [7, 11) is 0. The van der Waals surface area contributed by atoms with Gasteiger partial charge in [0.25, 0.3) is 0 Å². The van der Waals surface area contributed by atoms with Crippen LogP contribution in [0, 0.1) is 0 Å². The van der Waals surface area contributed by atoms with Crippen molar-refractivity contribution in [2.24, 2.45) is 0 Å². The molecule has 0 spiro atoms. The molecule has 2 N–H and O–H groups in total. The Labute approximate surface area is 102 Å². The van der Waals surface area contributed by atoms with Gasteiger partial charge in [-0.2, -0.15) is 0 Å². The second-order valence-electron chi connectivity index (χ2n) is 4.97. The molecule has 5 nitrogen and oxygen atoms in total. The molecule has 2 heterocycles. The average molecular weight is 239 g/mol. The largest absolute Gasteiger partial charge is 0.352 e. The first-order valence-corrected chi connectivity index (χ1v) is 6.46. The third-order valence-electron chi connectivity index (χ3n) is 3.50. The summed E-state index contributed by atoms with van der Waals surface area (Å²) in [5.74, 6) is 0.195. The Morgan fingerprint density at radius 2 is 2.12 bits per heavy atom. The molecule has 2 amide bonds. The van der Waals surface area contributed by atoms with E-state index in [1.165, 1.54) is 6.92 Å². The minimum absolute atomic E-state index is 0.00563. The number of rotatable bonds is 2. The molecule has 0 radical (unpaired) electrons. The van der Waals surface area contributed by atoms with E-state index in [1.807, 2.05) is 4.90 Å². The van der Waals surface area contributed by atoms with E-state index in [4.69, 9.17) is 0 Å². The molecule has 2 rings (SSSR count). The maximum Gasteiger partial charge on any atom is 0.239 e. The van der Waals surface area contributed by atoms with Crippen LogP contribution in [0.4, 0.5) is 0 Å². The highest BCUT2D eigenvalue weighted by Gasteiger charge is 2.30. The van der Waals surface area contributed by atoms with Crippen molar-refractivity contribution in [2.45, 2.75) is 44.7 Å². The van der Waals surface area contributed by atoms with Crippen molar-refractivity contribution < 1.29 is 9.59 Å². The number of carbonyl (C=O) groups excluding carboxylic acids is 2. The summed E-state index contributed by atoms with van der Waals surface area (Å²) in [5, 5.41) is 6.13. The van der Waals surface area contributed by atoms with Gasteiger partial charge in [0.1, 0.15) is 0 Å². The molecule has 1 unspecified atom stereocenters. The lowest BCUT2D eigenvalue weighted by molar-refractivity contribution is -0.135. The Bertz CT molecular complexity index is 300. The molecule has 0 saturated carbocycles. The highest BCUT2D eigenvalue weighted by atomic mass is 16.2. The first kappa shape index (κ1) is 12.4. The van der Waals surface area contributed by atoms with Crippen molar-refractivity contribution in [1.82, 2.24) is 15.5 Å². The lowest BCUT2D eigenvalue weighted by atomic mass is 10.0. The number of nitrogens with zero attached hydrogens (tertiary/aromatic N) is 1. The standard InChI is InChI=1S/C12H21N3O2/c1-9(16)14-10-4-3-7-15(8-10)12(17)11-5-2-6-13-11/h10-11,13H,2-8H2,1H3,(H,14,16)/t10?,11-/m0/s1. The third-order valence-corrected chi connectivity index (χ3v) is 3.50. The predicted molar refractivity (Wildman–Crippen MR) is 64.4 cm³/mol. The van der Waals surface area contributed by atoms with E-state index < -0.39 is 0 Å². The number of nitrogens with one attached hydrogen (secondary N) is 2. The van der Waals surface area contributed by atoms with E-state index in [0.29, 0.717) is 6.54 Å². The SMILES string of the molecule is CC(=O)NC1CCCN(C(=O)[C@@H]2CCCN2)C1. The maximum atomic E-state index is 12.2. The smallest absolute Gasteiger partial charge is 0.239 e. The van der Waals surface area contributed by atoms with Crippen LogP contribution >= 0.6 is 0 Å². The predicted octanol–water partition coefficient (Wildman–Crippen LogP) is -0.134. The molecule has 2 aliphatic heterocycles. The highest BCUT2D eigenvalue weighted by molar-refractivity contribution is 5.82. The van der Waals surface area contributed by atoms with Gasteiger partial charge in [-0.25, -0.2) is 0 Å². The number of hydrogen-bond donors (Lipinski definition) is 2. The summed E-state index contributed by atoms with van der Waals surface area (Å²) in [4.78, 5) is 25.1. The van der Waals surface area contributed by atoms with E-state index in [-0.39, 0.29) is 23.9 Å². The van der Waals surface area contributed by atoms with Crippen LogP contribution in [0.15, 0.2) is 0 Å². The van der Waals surface area contributed by atoms with E-state index in [0.717, 1.165) is 38.8 Å². The molecule has 2 fully saturated rings. The summed E-state index contributed by atoms with van der Waals surface area (Å²) in [6, 6.07) is 0.137. The second-order valence-corrected chi connectivity index (χ2v) is 4.97. The molecule has 0 aromatic carbocycles. The van der Waals surface area contributed by atoms with E-state index >= 15 is 0 Å². The van der Waals surface area contributed by atoms with Gasteiger partial charge >= 0.3 is 0 Å². The van der Waals surface area contributed by atoms with Crippen LogP contribution in [0.5, 0.6) is 0 Å². The van der Waals surface area contributed by atoms with Gasteiger partial charge in [-0.05, 0) is 32.2 Å². The zero-order valence-electron chi connectivity index (χ0n) is 10.4. The van der Waals surface area contributed by atoms with Crippen LogP contribution in [0.2, 0.25) is 0 Å². The molecule has 0 aliphatic carbocycles. The van der Waals surface area contributed by atoms with Crippen molar-refractivity contribution in [1.29, 1.82) is 0 Å². The second kappa shape index (κ2) is 5.49. The van der Waals surface area contributed by atoms with Gasteiger partial charge in [0.05, 0.1) is 6.04 Å². The zero-order valence-corrected chi connectivity index (χ0v) is 10.4. The van der Waals surface area contributed by atoms with Gasteiger partial charge in [0.15, 0.2) is 0 Å². The summed E-state index contributed by atoms with van der Waals surface area (Å²) < 4.78 is 0. The number of amides is 2. The van der Waals surface area contributed by atoms with Gasteiger partial charge in [-0.3, -0.25) is 9.59 Å². The summed E-state index contributed by atoms with van der Waals surface area (Å²) in [5.41, 5.74) is 0. The van der Waals surface area contributed by atoms with E-state index in [1.54, 1.807) is 0 Å². The van der Waals surface area contributed by atoms with E-state index in [2.05, 4.69) is 10.6 Å². The summed E-state index contributed by atoms with van der Waals surface area (Å²) >= 11 is 0. The molecule has 0 aromatic rings. The van der Waals surface area contributed by atoms with Gasteiger partial charge in [0, 0.05) is 26.1 Å². The highest BCUT2D eigenvalue weighted by Crippen LogP contribution is 2.14. The van der Waals surface area contributed by atoms with Crippen LogP contribution in [0.3, 0.4) is 0 Å². The molecular weight excluding hydrogens is 218 g/mol. The van der Waals surface area contributed by atoms with Crippen molar-refractivity contribution in [3.8, 4) is 0 Å². The molecule has 2 aliphatic rings. The molecule has 96 valence electrons. The van der Waals surface area contributed by atoms with Crippen LogP contribution in [-0.2, 0) is 9.59 Å². The maximum absolute atomic E-state index is 12.2. The van der Waals surface area contributed by atoms with Crippen LogP contribution in [0.1, 0.15) is 32.6 Å². The fourth-order valence-corrected chi connectivity index (χ4v) is 2.70. The van der Waals surface area contributed by atoms with Gasteiger partial charge in [0.2, 0.25) is 11.8 Å². The molecule has 0 bridgehead atoms. The minimum atomic E-state index is -0.0108. The van der Waals surface area contributed by atoms with Crippen LogP contribution in [0.25, 0.3) is 0 Å². The third kappa shape index (κ3) is 3.19. The fourth-order valence-electron chi connectivity index (χ4n) is 2.70. The molecule has 17 heavy (non-hydrogen) atoms. The van der Waals surface area contributed by atoms with Gasteiger partial charge in [-0.15, -0.1) is 0 Å². The minimum Gasteiger partial charge on any atom is -0.352 e. The summed E-state index contributed by atoms with van der Waals surface area (Å²) in [6.07, 6.45) is 3.98. The zero-order chi connectivity index (χ0) is 12.3.